The maximum Gasteiger partial charge on any atom is 0.128 e. The summed E-state index contributed by atoms with van der Waals surface area (Å²) in [5, 5.41) is 0. The summed E-state index contributed by atoms with van der Waals surface area (Å²) in [4.78, 5) is 17.4. The van der Waals surface area contributed by atoms with Gasteiger partial charge in [-0.15, -0.1) is 0 Å². The molecular formula is C31H30N4. The molecule has 0 amide bonds. The van der Waals surface area contributed by atoms with E-state index in [0.29, 0.717) is 0 Å². The van der Waals surface area contributed by atoms with E-state index in [-0.39, 0.29) is 6.04 Å². The average molecular weight is 459 g/mol. The highest BCUT2D eigenvalue weighted by atomic mass is 15.3. The minimum Gasteiger partial charge on any atom is -0.328 e. The predicted molar refractivity (Wildman–Crippen MR) is 144 cm³/mol. The van der Waals surface area contributed by atoms with Gasteiger partial charge in [-0.3, -0.25) is 9.98 Å². The minimum atomic E-state index is 0.249. The van der Waals surface area contributed by atoms with Crippen LogP contribution in [0.3, 0.4) is 0 Å². The second-order valence-corrected chi connectivity index (χ2v) is 9.60. The smallest absolute Gasteiger partial charge is 0.128 e. The van der Waals surface area contributed by atoms with Crippen LogP contribution in [0.5, 0.6) is 0 Å². The maximum absolute atomic E-state index is 5.04. The molecule has 0 bridgehead atoms. The highest BCUT2D eigenvalue weighted by Gasteiger charge is 2.29. The van der Waals surface area contributed by atoms with Crippen LogP contribution in [0, 0.1) is 6.92 Å². The van der Waals surface area contributed by atoms with Gasteiger partial charge in [0.1, 0.15) is 5.84 Å². The number of hydrogen-bond acceptors (Lipinski definition) is 4. The van der Waals surface area contributed by atoms with E-state index in [2.05, 4.69) is 96.8 Å². The summed E-state index contributed by atoms with van der Waals surface area (Å²) in [5.41, 5.74) is 9.18. The van der Waals surface area contributed by atoms with Crippen LogP contribution in [0.2, 0.25) is 0 Å². The van der Waals surface area contributed by atoms with Crippen LogP contribution in [-0.4, -0.2) is 33.3 Å². The Morgan fingerprint density at radius 2 is 1.74 bits per heavy atom. The van der Waals surface area contributed by atoms with E-state index in [1.165, 1.54) is 22.4 Å². The number of hydrogen-bond donors (Lipinski definition) is 0. The standard InChI is InChI=1S/C31H30N4/c1-22-18-28(23-10-4-2-5-11-23)33-29(19-22)27-16-8-14-25(32-27)20-26-15-9-17-31-34-30(21-35(26)31)24-12-6-3-7-13-24/h2-4,6,8-10,12,14-19,30H,5,7,11,13,20-21H2,1H3. The van der Waals surface area contributed by atoms with E-state index in [1.807, 2.05) is 0 Å². The number of fused-ring (bicyclic) bond motifs is 1. The SMILES string of the molecule is Cc1cc(C2=CC=CCC2)nc(-c2cccc(CC3=CC=CC4=NC(C5=CC=CCC5)CN34)n2)c1. The summed E-state index contributed by atoms with van der Waals surface area (Å²) in [5.74, 6) is 1.07. The van der Waals surface area contributed by atoms with Crippen molar-refractivity contribution in [2.24, 2.45) is 4.99 Å². The van der Waals surface area contributed by atoms with Crippen LogP contribution in [0.15, 0.2) is 101 Å². The second-order valence-electron chi connectivity index (χ2n) is 9.60. The lowest BCUT2D eigenvalue weighted by Crippen LogP contribution is -2.30. The molecule has 174 valence electrons. The van der Waals surface area contributed by atoms with E-state index in [0.717, 1.165) is 67.3 Å². The highest BCUT2D eigenvalue weighted by Crippen LogP contribution is 2.30. The lowest BCUT2D eigenvalue weighted by Gasteiger charge is -2.25. The molecule has 4 aliphatic rings. The van der Waals surface area contributed by atoms with Crippen LogP contribution >= 0.6 is 0 Å². The van der Waals surface area contributed by atoms with Gasteiger partial charge in [-0.25, -0.2) is 4.98 Å². The Kier molecular flexibility index (Phi) is 5.87. The summed E-state index contributed by atoms with van der Waals surface area (Å²) in [6.45, 7) is 3.05. The molecule has 35 heavy (non-hydrogen) atoms. The zero-order chi connectivity index (χ0) is 23.6. The highest BCUT2D eigenvalue weighted by molar-refractivity contribution is 5.97. The van der Waals surface area contributed by atoms with Gasteiger partial charge in [-0.2, -0.15) is 0 Å². The Labute approximate surface area is 207 Å². The number of aryl methyl sites for hydroxylation is 1. The van der Waals surface area contributed by atoms with Crippen molar-refractivity contribution in [3.63, 3.8) is 0 Å². The molecule has 0 N–H and O–H groups in total. The molecule has 0 saturated heterocycles. The van der Waals surface area contributed by atoms with Crippen molar-refractivity contribution in [2.75, 3.05) is 6.54 Å². The summed E-state index contributed by atoms with van der Waals surface area (Å²) in [6, 6.07) is 10.9. The summed E-state index contributed by atoms with van der Waals surface area (Å²) >= 11 is 0. The molecule has 2 aromatic rings. The van der Waals surface area contributed by atoms with E-state index in [9.17, 15) is 0 Å². The molecule has 2 aliphatic carbocycles. The molecule has 4 heteroatoms. The van der Waals surface area contributed by atoms with Crippen molar-refractivity contribution in [3.8, 4) is 11.4 Å². The summed E-state index contributed by atoms with van der Waals surface area (Å²) in [7, 11) is 0. The zero-order valence-electron chi connectivity index (χ0n) is 20.2. The predicted octanol–water partition coefficient (Wildman–Crippen LogP) is 6.54. The monoisotopic (exact) mass is 458 g/mol. The fourth-order valence-corrected chi connectivity index (χ4v) is 5.21. The molecule has 2 aromatic heterocycles. The first kappa shape index (κ1) is 21.7. The lowest BCUT2D eigenvalue weighted by atomic mass is 9.98. The van der Waals surface area contributed by atoms with E-state index >= 15 is 0 Å². The van der Waals surface area contributed by atoms with Crippen molar-refractivity contribution in [2.45, 2.75) is 45.1 Å². The Balaban J connectivity index is 1.24. The van der Waals surface area contributed by atoms with Gasteiger partial charge in [0, 0.05) is 17.8 Å². The van der Waals surface area contributed by atoms with Gasteiger partial charge in [0.05, 0.1) is 29.7 Å². The van der Waals surface area contributed by atoms with Crippen molar-refractivity contribution in [1.82, 2.24) is 14.9 Å². The largest absolute Gasteiger partial charge is 0.328 e. The first-order chi connectivity index (χ1) is 17.2. The quantitative estimate of drug-likeness (QED) is 0.511. The number of nitrogens with zero attached hydrogens (tertiary/aromatic N) is 4. The maximum atomic E-state index is 5.04. The Hall–Kier alpha value is -3.79. The van der Waals surface area contributed by atoms with Gasteiger partial charge in [0.15, 0.2) is 0 Å². The molecule has 2 aliphatic heterocycles. The molecule has 4 nitrogen and oxygen atoms in total. The molecule has 0 aromatic carbocycles. The third-order valence-corrected chi connectivity index (χ3v) is 7.02. The van der Waals surface area contributed by atoms with Crippen molar-refractivity contribution in [1.29, 1.82) is 0 Å². The number of allylic oxidation sites excluding steroid dienone is 10. The fraction of sp³-hybridized carbons (Fsp3) is 0.258. The topological polar surface area (TPSA) is 41.4 Å². The van der Waals surface area contributed by atoms with Crippen LogP contribution in [0.1, 0.15) is 42.6 Å². The van der Waals surface area contributed by atoms with Gasteiger partial charge < -0.3 is 4.90 Å². The third-order valence-electron chi connectivity index (χ3n) is 7.02. The van der Waals surface area contributed by atoms with Crippen LogP contribution < -0.4 is 0 Å². The average Bonchev–Trinajstić information content (AvgIpc) is 3.35. The van der Waals surface area contributed by atoms with E-state index in [4.69, 9.17) is 15.0 Å². The number of amidine groups is 1. The first-order valence-electron chi connectivity index (χ1n) is 12.6. The number of rotatable bonds is 5. The van der Waals surface area contributed by atoms with Crippen LogP contribution in [-0.2, 0) is 6.42 Å². The van der Waals surface area contributed by atoms with Gasteiger partial charge in [0.2, 0.25) is 0 Å². The van der Waals surface area contributed by atoms with Crippen molar-refractivity contribution >= 4 is 11.4 Å². The molecular weight excluding hydrogens is 428 g/mol. The fourth-order valence-electron chi connectivity index (χ4n) is 5.21. The van der Waals surface area contributed by atoms with Gasteiger partial charge in [-0.1, -0.05) is 48.6 Å². The molecule has 1 unspecified atom stereocenters. The van der Waals surface area contributed by atoms with Gasteiger partial charge in [0.25, 0.3) is 0 Å². The Bertz CT molecular complexity index is 1370. The molecule has 0 fully saturated rings. The van der Waals surface area contributed by atoms with Crippen LogP contribution in [0.25, 0.3) is 17.0 Å². The van der Waals surface area contributed by atoms with E-state index in [1.54, 1.807) is 0 Å². The normalized spacial score (nSPS) is 20.8. The molecule has 0 radical (unpaired) electrons. The number of aromatic nitrogens is 2. The molecule has 0 spiro atoms. The zero-order valence-corrected chi connectivity index (χ0v) is 20.2. The Morgan fingerprint density at radius 1 is 0.886 bits per heavy atom. The molecule has 1 atom stereocenters. The number of pyridine rings is 2. The van der Waals surface area contributed by atoms with Crippen molar-refractivity contribution in [3.05, 3.63) is 113 Å². The number of aliphatic imine (C=N–C) groups is 1. The van der Waals surface area contributed by atoms with Crippen molar-refractivity contribution < 1.29 is 0 Å². The molecule has 4 heterocycles. The molecule has 6 rings (SSSR count). The minimum absolute atomic E-state index is 0.249. The Morgan fingerprint density at radius 3 is 2.57 bits per heavy atom. The lowest BCUT2D eigenvalue weighted by molar-refractivity contribution is 0.507. The summed E-state index contributed by atoms with van der Waals surface area (Å²) < 4.78 is 0. The third kappa shape index (κ3) is 4.61. The van der Waals surface area contributed by atoms with Crippen LogP contribution in [0.4, 0.5) is 0 Å². The van der Waals surface area contributed by atoms with Gasteiger partial charge >= 0.3 is 0 Å². The second kappa shape index (κ2) is 9.46. The first-order valence-corrected chi connectivity index (χ1v) is 12.6. The van der Waals surface area contributed by atoms with E-state index < -0.39 is 0 Å². The molecule has 0 saturated carbocycles. The van der Waals surface area contributed by atoms with Gasteiger partial charge in [-0.05, 0) is 85.7 Å². The summed E-state index contributed by atoms with van der Waals surface area (Å²) in [6.07, 6.45) is 24.7.